The van der Waals surface area contributed by atoms with Gasteiger partial charge in [0.1, 0.15) is 0 Å². The van der Waals surface area contributed by atoms with Crippen molar-refractivity contribution in [3.05, 3.63) is 0 Å². The zero-order valence-electron chi connectivity index (χ0n) is 4.26. The average Bonchev–Trinajstić information content (AvgIpc) is 0.722. The summed E-state index contributed by atoms with van der Waals surface area (Å²) in [5, 5.41) is 0. The van der Waals surface area contributed by atoms with Crippen molar-refractivity contribution in [2.24, 2.45) is 0 Å². The molecule has 0 bridgehead atoms. The van der Waals surface area contributed by atoms with Crippen LogP contribution in [0.1, 0.15) is 0 Å². The molecule has 32 valence electrons. The summed E-state index contributed by atoms with van der Waals surface area (Å²) in [5.74, 6) is 0. The molecule has 0 spiro atoms. The van der Waals surface area contributed by atoms with E-state index in [0.717, 1.165) is 0 Å². The Morgan fingerprint density at radius 1 is 1.50 bits per heavy atom. The number of hydrogen-bond donors (Lipinski definition) is 0. The molecule has 0 unspecified atom stereocenters. The monoisotopic (exact) mass is 116 g/mol. The van der Waals surface area contributed by atoms with Gasteiger partial charge in [0.2, 0.25) is 0 Å². The van der Waals surface area contributed by atoms with Crippen molar-refractivity contribution in [3.8, 4) is 0 Å². The van der Waals surface area contributed by atoms with E-state index in [1.165, 1.54) is 13.3 Å². The van der Waals surface area contributed by atoms with E-state index in [-0.39, 0.29) is 29.6 Å². The van der Waals surface area contributed by atoms with Gasteiger partial charge in [-0.3, -0.25) is 0 Å². The van der Waals surface area contributed by atoms with Crippen molar-refractivity contribution < 1.29 is 39.0 Å². The van der Waals surface area contributed by atoms with Crippen molar-refractivity contribution in [2.45, 2.75) is 0 Å². The van der Waals surface area contributed by atoms with Crippen LogP contribution in [0.3, 0.4) is 0 Å². The molecule has 0 saturated carbocycles. The fourth-order valence-corrected chi connectivity index (χ4v) is 0. The maximum absolute atomic E-state index is 9.66. The average molecular weight is 116 g/mol. The van der Waals surface area contributed by atoms with E-state index in [2.05, 4.69) is 0 Å². The molecular weight excluding hydrogens is 110 g/mol. The van der Waals surface area contributed by atoms with Crippen LogP contribution < -0.4 is 34.5 Å². The van der Waals surface area contributed by atoms with Crippen LogP contribution in [-0.2, 0) is 4.57 Å². The summed E-state index contributed by atoms with van der Waals surface area (Å²) in [4.78, 5) is 9.66. The Hall–Kier alpha value is 1.19. The van der Waals surface area contributed by atoms with Gasteiger partial charge in [-0.25, -0.2) is 0 Å². The fraction of sp³-hybridized carbons (Fsp3) is 1.00. The standard InChI is InChI=1S/C2H7O2P.Na/c1-5(2,3)4;/h1-2H3,(H,3,4);/q;+1/p-1. The third-order valence-electron chi connectivity index (χ3n) is 0. The Morgan fingerprint density at radius 3 is 1.50 bits per heavy atom. The van der Waals surface area contributed by atoms with Gasteiger partial charge in [-0.15, -0.1) is 0 Å². The van der Waals surface area contributed by atoms with Crippen LogP contribution in [0.5, 0.6) is 0 Å². The first-order valence-corrected chi connectivity index (χ1v) is 3.78. The molecule has 0 amide bonds. The van der Waals surface area contributed by atoms with Crippen LogP contribution in [0.4, 0.5) is 0 Å². The maximum Gasteiger partial charge on any atom is 1.00 e. The summed E-state index contributed by atoms with van der Waals surface area (Å²) in [6.45, 7) is 2.38. The third kappa shape index (κ3) is 64.3. The molecule has 0 aliphatic heterocycles. The summed E-state index contributed by atoms with van der Waals surface area (Å²) in [6.07, 6.45) is 0. The molecule has 0 aromatic rings. The molecule has 0 fully saturated rings. The first-order valence-electron chi connectivity index (χ1n) is 1.26. The number of hydrogen-bond acceptors (Lipinski definition) is 2. The SMILES string of the molecule is CP(C)(=O)[O-].[Na+]. The Balaban J connectivity index is 0. The van der Waals surface area contributed by atoms with Gasteiger partial charge < -0.3 is 9.46 Å². The summed E-state index contributed by atoms with van der Waals surface area (Å²) in [5.41, 5.74) is 0. The van der Waals surface area contributed by atoms with Crippen LogP contribution >= 0.6 is 7.37 Å². The van der Waals surface area contributed by atoms with Crippen LogP contribution in [0.25, 0.3) is 0 Å². The van der Waals surface area contributed by atoms with E-state index in [9.17, 15) is 9.46 Å². The van der Waals surface area contributed by atoms with Crippen LogP contribution in [0.2, 0.25) is 0 Å². The van der Waals surface area contributed by atoms with Crippen molar-refractivity contribution in [1.29, 1.82) is 0 Å². The van der Waals surface area contributed by atoms with Crippen LogP contribution in [0, 0.1) is 0 Å². The van der Waals surface area contributed by atoms with Crippen LogP contribution in [0.15, 0.2) is 0 Å². The third-order valence-corrected chi connectivity index (χ3v) is 0. The first-order chi connectivity index (χ1) is 2.00. The topological polar surface area (TPSA) is 40.1 Å². The van der Waals surface area contributed by atoms with Crippen LogP contribution in [-0.4, -0.2) is 13.3 Å². The maximum atomic E-state index is 9.66. The van der Waals surface area contributed by atoms with E-state index in [1.54, 1.807) is 0 Å². The Kier molecular flexibility index (Phi) is 5.50. The number of rotatable bonds is 0. The smallest absolute Gasteiger partial charge is 0.800 e. The normalized spacial score (nSPS) is 9.83. The minimum atomic E-state index is -2.89. The van der Waals surface area contributed by atoms with Gasteiger partial charge in [0.15, 0.2) is 0 Å². The van der Waals surface area contributed by atoms with Gasteiger partial charge in [-0.1, -0.05) is 0 Å². The largest absolute Gasteiger partial charge is 1.00 e. The zero-order valence-corrected chi connectivity index (χ0v) is 7.16. The summed E-state index contributed by atoms with van der Waals surface area (Å²) in [7, 11) is -2.89. The van der Waals surface area contributed by atoms with E-state index in [0.29, 0.717) is 0 Å². The minimum absolute atomic E-state index is 0. The molecule has 0 rings (SSSR count). The molecule has 0 N–H and O–H groups in total. The fourth-order valence-electron chi connectivity index (χ4n) is 0. The van der Waals surface area contributed by atoms with Gasteiger partial charge >= 0.3 is 29.6 Å². The molecule has 0 radical (unpaired) electrons. The molecule has 0 saturated heterocycles. The molecular formula is C2H6NaO2P. The van der Waals surface area contributed by atoms with Gasteiger partial charge in [-0.2, -0.15) is 0 Å². The van der Waals surface area contributed by atoms with E-state index >= 15 is 0 Å². The summed E-state index contributed by atoms with van der Waals surface area (Å²) in [6, 6.07) is 0. The minimum Gasteiger partial charge on any atom is -0.800 e. The Bertz CT molecular complexity index is 57.7. The van der Waals surface area contributed by atoms with Crippen molar-refractivity contribution in [3.63, 3.8) is 0 Å². The molecule has 4 heteroatoms. The molecule has 0 atom stereocenters. The first kappa shape index (κ1) is 10.2. The molecule has 0 heterocycles. The Morgan fingerprint density at radius 2 is 1.50 bits per heavy atom. The van der Waals surface area contributed by atoms with Crippen molar-refractivity contribution >= 4 is 7.37 Å². The van der Waals surface area contributed by atoms with Gasteiger partial charge in [0.05, 0.1) is 0 Å². The zero-order chi connectivity index (χ0) is 4.50. The second-order valence-corrected chi connectivity index (χ2v) is 3.76. The van der Waals surface area contributed by atoms with E-state index in [4.69, 9.17) is 0 Å². The summed E-state index contributed by atoms with van der Waals surface area (Å²) < 4.78 is 9.66. The molecule has 0 aromatic carbocycles. The second-order valence-electron chi connectivity index (χ2n) is 1.25. The predicted octanol–water partition coefficient (Wildman–Crippen LogP) is -3.11. The predicted molar refractivity (Wildman–Crippen MR) is 19.5 cm³/mol. The van der Waals surface area contributed by atoms with Gasteiger partial charge in [-0.05, 0) is 13.3 Å². The van der Waals surface area contributed by atoms with Crippen molar-refractivity contribution in [2.75, 3.05) is 13.3 Å². The van der Waals surface area contributed by atoms with Gasteiger partial charge in [0.25, 0.3) is 0 Å². The molecule has 2 nitrogen and oxygen atoms in total. The molecule has 0 aliphatic carbocycles. The van der Waals surface area contributed by atoms with E-state index < -0.39 is 7.37 Å². The van der Waals surface area contributed by atoms with Gasteiger partial charge in [0, 0.05) is 7.37 Å². The molecule has 0 aromatic heterocycles. The summed E-state index contributed by atoms with van der Waals surface area (Å²) >= 11 is 0. The second kappa shape index (κ2) is 3.23. The molecule has 6 heavy (non-hydrogen) atoms. The quantitative estimate of drug-likeness (QED) is 0.248. The Labute approximate surface area is 59.7 Å². The van der Waals surface area contributed by atoms with Crippen molar-refractivity contribution in [1.82, 2.24) is 0 Å². The van der Waals surface area contributed by atoms with E-state index in [1.807, 2.05) is 0 Å². The molecule has 0 aliphatic rings.